The summed E-state index contributed by atoms with van der Waals surface area (Å²) >= 11 is 3.36. The van der Waals surface area contributed by atoms with Crippen molar-refractivity contribution >= 4 is 37.5 Å². The van der Waals surface area contributed by atoms with Gasteiger partial charge in [0.25, 0.3) is 0 Å². The van der Waals surface area contributed by atoms with Gasteiger partial charge in [0.2, 0.25) is 15.9 Å². The topological polar surface area (TPSA) is 69.7 Å². The third kappa shape index (κ3) is 5.16. The Morgan fingerprint density at radius 1 is 1.00 bits per heavy atom. The van der Waals surface area contributed by atoms with E-state index in [1.54, 1.807) is 24.3 Å². The van der Waals surface area contributed by atoms with Crippen molar-refractivity contribution in [3.8, 4) is 0 Å². The SMILES string of the molecule is CN1CCN(S(=O)(=O)c2ccc(NC(=O)Cc3ccc(Br)cc3)cc2)CC1. The van der Waals surface area contributed by atoms with Crippen molar-refractivity contribution in [1.82, 2.24) is 9.21 Å². The first kappa shape index (κ1) is 20.0. The predicted octanol–water partition coefficient (Wildman–Crippen LogP) is 2.57. The molecule has 1 aliphatic rings. The molecule has 0 unspecified atom stereocenters. The lowest BCUT2D eigenvalue weighted by Gasteiger charge is -2.31. The van der Waals surface area contributed by atoms with Gasteiger partial charge in [0.15, 0.2) is 0 Å². The highest BCUT2D eigenvalue weighted by atomic mass is 79.9. The summed E-state index contributed by atoms with van der Waals surface area (Å²) in [6, 6.07) is 13.9. The number of sulfonamides is 1. The van der Waals surface area contributed by atoms with Crippen LogP contribution in [0.15, 0.2) is 57.9 Å². The average molecular weight is 452 g/mol. The summed E-state index contributed by atoms with van der Waals surface area (Å²) in [7, 11) is -1.51. The van der Waals surface area contributed by atoms with Crippen molar-refractivity contribution < 1.29 is 13.2 Å². The standard InChI is InChI=1S/C19H22BrN3O3S/c1-22-10-12-23(13-11-22)27(25,26)18-8-6-17(7-9-18)21-19(24)14-15-2-4-16(20)5-3-15/h2-9H,10-14H2,1H3,(H,21,24). The van der Waals surface area contributed by atoms with Gasteiger partial charge in [0, 0.05) is 36.3 Å². The van der Waals surface area contributed by atoms with Crippen LogP contribution in [-0.2, 0) is 21.2 Å². The third-order valence-electron chi connectivity index (χ3n) is 4.52. The first-order chi connectivity index (χ1) is 12.8. The molecule has 1 fully saturated rings. The number of halogens is 1. The molecule has 2 aromatic carbocycles. The van der Waals surface area contributed by atoms with E-state index in [0.717, 1.165) is 23.1 Å². The average Bonchev–Trinajstić information content (AvgIpc) is 2.64. The molecule has 1 heterocycles. The predicted molar refractivity (Wildman–Crippen MR) is 109 cm³/mol. The van der Waals surface area contributed by atoms with Crippen LogP contribution in [0, 0.1) is 0 Å². The van der Waals surface area contributed by atoms with Crippen LogP contribution in [0.25, 0.3) is 0 Å². The van der Waals surface area contributed by atoms with Gasteiger partial charge in [-0.05, 0) is 49.0 Å². The van der Waals surface area contributed by atoms with Crippen LogP contribution in [0.2, 0.25) is 0 Å². The maximum atomic E-state index is 12.7. The van der Waals surface area contributed by atoms with Gasteiger partial charge in [0.1, 0.15) is 0 Å². The second-order valence-corrected chi connectivity index (χ2v) is 9.44. The van der Waals surface area contributed by atoms with Gasteiger partial charge < -0.3 is 10.2 Å². The summed E-state index contributed by atoms with van der Waals surface area (Å²) in [5.41, 5.74) is 1.49. The van der Waals surface area contributed by atoms with Crippen molar-refractivity contribution in [2.24, 2.45) is 0 Å². The van der Waals surface area contributed by atoms with Crippen LogP contribution in [-0.4, -0.2) is 56.8 Å². The highest BCUT2D eigenvalue weighted by Gasteiger charge is 2.27. The molecule has 2 aromatic rings. The maximum absolute atomic E-state index is 12.7. The van der Waals surface area contributed by atoms with Crippen LogP contribution in [0.4, 0.5) is 5.69 Å². The first-order valence-electron chi connectivity index (χ1n) is 8.68. The van der Waals surface area contributed by atoms with E-state index < -0.39 is 10.0 Å². The number of nitrogens with one attached hydrogen (secondary N) is 1. The first-order valence-corrected chi connectivity index (χ1v) is 10.9. The van der Waals surface area contributed by atoms with Gasteiger partial charge in [-0.25, -0.2) is 8.42 Å². The van der Waals surface area contributed by atoms with Gasteiger partial charge in [-0.15, -0.1) is 0 Å². The van der Waals surface area contributed by atoms with E-state index in [4.69, 9.17) is 0 Å². The van der Waals surface area contributed by atoms with E-state index in [1.807, 2.05) is 31.3 Å². The van der Waals surface area contributed by atoms with Crippen LogP contribution >= 0.6 is 15.9 Å². The molecule has 0 atom stereocenters. The molecular formula is C19H22BrN3O3S. The Bertz CT molecular complexity index is 891. The van der Waals surface area contributed by atoms with Gasteiger partial charge in [-0.3, -0.25) is 4.79 Å². The number of rotatable bonds is 5. The molecule has 144 valence electrons. The molecule has 1 aliphatic heterocycles. The molecule has 0 aliphatic carbocycles. The highest BCUT2D eigenvalue weighted by Crippen LogP contribution is 2.20. The zero-order chi connectivity index (χ0) is 19.4. The Hall–Kier alpha value is -1.74. The minimum atomic E-state index is -3.49. The molecule has 1 saturated heterocycles. The quantitative estimate of drug-likeness (QED) is 0.758. The molecular weight excluding hydrogens is 430 g/mol. The molecule has 1 amide bonds. The van der Waals surface area contributed by atoms with Gasteiger partial charge in [-0.1, -0.05) is 28.1 Å². The van der Waals surface area contributed by atoms with E-state index >= 15 is 0 Å². The van der Waals surface area contributed by atoms with E-state index in [-0.39, 0.29) is 17.2 Å². The maximum Gasteiger partial charge on any atom is 0.243 e. The fourth-order valence-corrected chi connectivity index (χ4v) is 4.57. The molecule has 1 N–H and O–H groups in total. The van der Waals surface area contributed by atoms with Crippen LogP contribution in [0.5, 0.6) is 0 Å². The summed E-state index contributed by atoms with van der Waals surface area (Å²) in [6.45, 7) is 2.43. The summed E-state index contributed by atoms with van der Waals surface area (Å²) in [5.74, 6) is -0.146. The molecule has 27 heavy (non-hydrogen) atoms. The van der Waals surface area contributed by atoms with E-state index in [9.17, 15) is 13.2 Å². The summed E-state index contributed by atoms with van der Waals surface area (Å²) < 4.78 is 27.9. The van der Waals surface area contributed by atoms with Gasteiger partial charge in [-0.2, -0.15) is 4.31 Å². The number of carbonyl (C=O) groups excluding carboxylic acids is 1. The number of carbonyl (C=O) groups is 1. The largest absolute Gasteiger partial charge is 0.326 e. The number of likely N-dealkylation sites (N-methyl/N-ethyl adjacent to an activating group) is 1. The summed E-state index contributed by atoms with van der Waals surface area (Å²) in [6.07, 6.45) is 0.259. The molecule has 6 nitrogen and oxygen atoms in total. The van der Waals surface area contributed by atoms with Gasteiger partial charge in [0.05, 0.1) is 11.3 Å². The second kappa shape index (κ2) is 8.52. The smallest absolute Gasteiger partial charge is 0.243 e. The molecule has 0 saturated carbocycles. The number of piperazine rings is 1. The number of hydrogen-bond donors (Lipinski definition) is 1. The number of hydrogen-bond acceptors (Lipinski definition) is 4. The minimum Gasteiger partial charge on any atom is -0.326 e. The Labute approximate surface area is 168 Å². The number of benzene rings is 2. The zero-order valence-corrected chi connectivity index (χ0v) is 17.5. The summed E-state index contributed by atoms with van der Waals surface area (Å²) in [5, 5.41) is 2.80. The number of nitrogens with zero attached hydrogens (tertiary/aromatic N) is 2. The second-order valence-electron chi connectivity index (χ2n) is 6.58. The number of amides is 1. The molecule has 3 rings (SSSR count). The molecule has 0 bridgehead atoms. The number of anilines is 1. The van der Waals surface area contributed by atoms with Crippen LogP contribution in [0.3, 0.4) is 0 Å². The monoisotopic (exact) mass is 451 g/mol. The lowest BCUT2D eigenvalue weighted by atomic mass is 10.1. The highest BCUT2D eigenvalue weighted by molar-refractivity contribution is 9.10. The fourth-order valence-electron chi connectivity index (χ4n) is 2.88. The van der Waals surface area contributed by atoms with Crippen molar-refractivity contribution in [3.05, 3.63) is 58.6 Å². The van der Waals surface area contributed by atoms with Crippen LogP contribution < -0.4 is 5.32 Å². The molecule has 0 spiro atoms. The Balaban J connectivity index is 1.62. The van der Waals surface area contributed by atoms with Crippen molar-refractivity contribution in [2.75, 3.05) is 38.5 Å². The van der Waals surface area contributed by atoms with Gasteiger partial charge >= 0.3 is 0 Å². The molecule has 0 radical (unpaired) electrons. The minimum absolute atomic E-state index is 0.146. The van der Waals surface area contributed by atoms with Crippen molar-refractivity contribution in [3.63, 3.8) is 0 Å². The van der Waals surface area contributed by atoms with Crippen LogP contribution in [0.1, 0.15) is 5.56 Å². The third-order valence-corrected chi connectivity index (χ3v) is 6.96. The summed E-state index contributed by atoms with van der Waals surface area (Å²) in [4.78, 5) is 14.5. The zero-order valence-electron chi connectivity index (χ0n) is 15.1. The lowest BCUT2D eigenvalue weighted by Crippen LogP contribution is -2.46. The fraction of sp³-hybridized carbons (Fsp3) is 0.316. The molecule has 0 aromatic heterocycles. The Kier molecular flexibility index (Phi) is 6.31. The Morgan fingerprint density at radius 3 is 2.19 bits per heavy atom. The Morgan fingerprint density at radius 2 is 1.59 bits per heavy atom. The lowest BCUT2D eigenvalue weighted by molar-refractivity contribution is -0.115. The van der Waals surface area contributed by atoms with E-state index in [0.29, 0.717) is 18.8 Å². The van der Waals surface area contributed by atoms with Crippen molar-refractivity contribution in [1.29, 1.82) is 0 Å². The normalized spacial score (nSPS) is 16.2. The molecule has 8 heteroatoms. The van der Waals surface area contributed by atoms with E-state index in [1.165, 1.54) is 4.31 Å². The van der Waals surface area contributed by atoms with Crippen molar-refractivity contribution in [2.45, 2.75) is 11.3 Å². The van der Waals surface area contributed by atoms with E-state index in [2.05, 4.69) is 26.1 Å².